The Kier molecular flexibility index (Phi) is 8.50. The summed E-state index contributed by atoms with van der Waals surface area (Å²) in [6, 6.07) is 5.71. The fourth-order valence-corrected chi connectivity index (χ4v) is 3.59. The summed E-state index contributed by atoms with van der Waals surface area (Å²) >= 11 is 0. The van der Waals surface area contributed by atoms with Gasteiger partial charge in [0.15, 0.2) is 0 Å². The highest BCUT2D eigenvalue weighted by Crippen LogP contribution is 2.28. The van der Waals surface area contributed by atoms with E-state index in [1.165, 1.54) is 6.42 Å². The molecule has 2 amide bonds. The molecule has 0 aromatic heterocycles. The molecule has 6 nitrogen and oxygen atoms in total. The summed E-state index contributed by atoms with van der Waals surface area (Å²) < 4.78 is 0. The molecule has 0 bridgehead atoms. The van der Waals surface area contributed by atoms with Crippen molar-refractivity contribution >= 4 is 23.2 Å². The third-order valence-corrected chi connectivity index (χ3v) is 4.98. The van der Waals surface area contributed by atoms with Gasteiger partial charge in [0.1, 0.15) is 0 Å². The zero-order valence-electron chi connectivity index (χ0n) is 18.8. The van der Waals surface area contributed by atoms with Gasteiger partial charge in [-0.25, -0.2) is 0 Å². The minimum Gasteiger partial charge on any atom is -0.371 e. The molecule has 1 aliphatic heterocycles. The van der Waals surface area contributed by atoms with Crippen molar-refractivity contribution in [3.63, 3.8) is 0 Å². The quantitative estimate of drug-likeness (QED) is 0.650. The summed E-state index contributed by atoms with van der Waals surface area (Å²) in [6.45, 7) is 9.63. The Morgan fingerprint density at radius 2 is 1.79 bits per heavy atom. The number of hydrogen-bond donors (Lipinski definition) is 2. The molecule has 0 spiro atoms. The van der Waals surface area contributed by atoms with Gasteiger partial charge in [0.05, 0.1) is 5.56 Å². The molecule has 1 saturated heterocycles. The van der Waals surface area contributed by atoms with Gasteiger partial charge in [0.2, 0.25) is 5.91 Å². The Morgan fingerprint density at radius 3 is 2.41 bits per heavy atom. The highest BCUT2D eigenvalue weighted by atomic mass is 16.2. The van der Waals surface area contributed by atoms with Crippen molar-refractivity contribution in [1.82, 2.24) is 10.2 Å². The second-order valence-electron chi connectivity index (χ2n) is 9.48. The van der Waals surface area contributed by atoms with Gasteiger partial charge >= 0.3 is 0 Å². The standard InChI is InChI=1S/C23H38N4O2/c1-23(2,3)17-21(28)25-18-10-11-20(27-14-7-6-8-15-27)19(16-18)22(29)24-12-9-13-26(4)5/h10-11,16H,6-9,12-15,17H2,1-5H3,(H,24,29)(H,25,28). The van der Waals surface area contributed by atoms with Gasteiger partial charge in [0.25, 0.3) is 5.91 Å². The lowest BCUT2D eigenvalue weighted by molar-refractivity contribution is -0.117. The molecule has 1 aliphatic rings. The van der Waals surface area contributed by atoms with Crippen LogP contribution < -0.4 is 15.5 Å². The zero-order valence-corrected chi connectivity index (χ0v) is 18.8. The number of nitrogens with zero attached hydrogens (tertiary/aromatic N) is 2. The molecule has 0 saturated carbocycles. The minimum absolute atomic E-state index is 0.0273. The van der Waals surface area contributed by atoms with Crippen LogP contribution in [0.15, 0.2) is 18.2 Å². The maximum atomic E-state index is 13.0. The molecular weight excluding hydrogens is 364 g/mol. The highest BCUT2D eigenvalue weighted by molar-refractivity contribution is 6.02. The highest BCUT2D eigenvalue weighted by Gasteiger charge is 2.21. The molecule has 0 radical (unpaired) electrons. The molecule has 2 N–H and O–H groups in total. The number of anilines is 2. The van der Waals surface area contributed by atoms with Crippen molar-refractivity contribution in [3.05, 3.63) is 23.8 Å². The average molecular weight is 403 g/mol. The SMILES string of the molecule is CN(C)CCCNC(=O)c1cc(NC(=O)CC(C)(C)C)ccc1N1CCCCC1. The van der Waals surface area contributed by atoms with Crippen molar-refractivity contribution in [3.8, 4) is 0 Å². The van der Waals surface area contributed by atoms with Crippen molar-refractivity contribution in [2.24, 2.45) is 5.41 Å². The molecule has 6 heteroatoms. The van der Waals surface area contributed by atoms with E-state index in [9.17, 15) is 9.59 Å². The van der Waals surface area contributed by atoms with Crippen LogP contribution in [0.2, 0.25) is 0 Å². The summed E-state index contributed by atoms with van der Waals surface area (Å²) in [5.74, 6) is -0.100. The average Bonchev–Trinajstić information content (AvgIpc) is 2.64. The van der Waals surface area contributed by atoms with E-state index in [1.54, 1.807) is 0 Å². The van der Waals surface area contributed by atoms with Crippen molar-refractivity contribution in [2.75, 3.05) is 50.5 Å². The number of hydrogen-bond acceptors (Lipinski definition) is 4. The molecule has 0 unspecified atom stereocenters. The first-order chi connectivity index (χ1) is 13.7. The number of amides is 2. The van der Waals surface area contributed by atoms with Crippen molar-refractivity contribution < 1.29 is 9.59 Å². The Balaban J connectivity index is 2.16. The topological polar surface area (TPSA) is 64.7 Å². The Hall–Kier alpha value is -2.08. The number of carbonyl (C=O) groups is 2. The second kappa shape index (κ2) is 10.6. The molecule has 29 heavy (non-hydrogen) atoms. The maximum Gasteiger partial charge on any atom is 0.253 e. The van der Waals surface area contributed by atoms with Crippen LogP contribution in [0.1, 0.15) is 63.2 Å². The number of piperidine rings is 1. The number of carbonyl (C=O) groups excluding carboxylic acids is 2. The van der Waals surface area contributed by atoms with E-state index in [0.717, 1.165) is 44.6 Å². The lowest BCUT2D eigenvalue weighted by Gasteiger charge is -2.30. The van der Waals surface area contributed by atoms with Crippen molar-refractivity contribution in [2.45, 2.75) is 52.9 Å². The fourth-order valence-electron chi connectivity index (χ4n) is 3.59. The molecular formula is C23H38N4O2. The largest absolute Gasteiger partial charge is 0.371 e. The summed E-state index contributed by atoms with van der Waals surface area (Å²) in [6.07, 6.45) is 4.87. The molecule has 1 aromatic rings. The molecule has 1 fully saturated rings. The van der Waals surface area contributed by atoms with Crippen LogP contribution in [-0.2, 0) is 4.79 Å². The van der Waals surface area contributed by atoms with E-state index in [-0.39, 0.29) is 17.2 Å². The van der Waals surface area contributed by atoms with E-state index < -0.39 is 0 Å². The fraction of sp³-hybridized carbons (Fsp3) is 0.652. The maximum absolute atomic E-state index is 13.0. The number of rotatable bonds is 8. The van der Waals surface area contributed by atoms with Gasteiger partial charge in [0, 0.05) is 37.4 Å². The van der Waals surface area contributed by atoms with E-state index in [4.69, 9.17) is 0 Å². The van der Waals surface area contributed by atoms with E-state index >= 15 is 0 Å². The molecule has 162 valence electrons. The van der Waals surface area contributed by atoms with Crippen LogP contribution in [0.4, 0.5) is 11.4 Å². The van der Waals surface area contributed by atoms with Crippen LogP contribution >= 0.6 is 0 Å². The number of benzene rings is 1. The van der Waals surface area contributed by atoms with E-state index in [0.29, 0.717) is 24.2 Å². The molecule has 0 atom stereocenters. The van der Waals surface area contributed by atoms with Gasteiger partial charge in [-0.2, -0.15) is 0 Å². The van der Waals surface area contributed by atoms with Gasteiger partial charge in [-0.3, -0.25) is 9.59 Å². The summed E-state index contributed by atoms with van der Waals surface area (Å²) in [5, 5.41) is 6.01. The first-order valence-corrected chi connectivity index (χ1v) is 10.8. The summed E-state index contributed by atoms with van der Waals surface area (Å²) in [7, 11) is 4.06. The third-order valence-electron chi connectivity index (χ3n) is 4.98. The number of nitrogens with one attached hydrogen (secondary N) is 2. The third kappa shape index (κ3) is 8.05. The Morgan fingerprint density at radius 1 is 1.10 bits per heavy atom. The predicted octanol–water partition coefficient (Wildman–Crippen LogP) is 3.73. The summed E-state index contributed by atoms with van der Waals surface area (Å²) in [4.78, 5) is 29.7. The summed E-state index contributed by atoms with van der Waals surface area (Å²) in [5.41, 5.74) is 2.21. The smallest absolute Gasteiger partial charge is 0.253 e. The van der Waals surface area contributed by atoms with Crippen LogP contribution in [0.3, 0.4) is 0 Å². The lowest BCUT2D eigenvalue weighted by atomic mass is 9.92. The molecule has 1 aromatic carbocycles. The van der Waals surface area contributed by atoms with Crippen LogP contribution in [-0.4, -0.2) is 57.0 Å². The normalized spacial score (nSPS) is 14.8. The van der Waals surface area contributed by atoms with E-state index in [2.05, 4.69) is 20.4 Å². The molecule has 1 heterocycles. The van der Waals surface area contributed by atoms with Gasteiger partial charge in [-0.15, -0.1) is 0 Å². The van der Waals surface area contributed by atoms with Gasteiger partial charge in [-0.05, 0) is 69.9 Å². The van der Waals surface area contributed by atoms with E-state index in [1.807, 2.05) is 53.1 Å². The lowest BCUT2D eigenvalue weighted by Crippen LogP contribution is -2.33. The first-order valence-electron chi connectivity index (χ1n) is 10.8. The zero-order chi connectivity index (χ0) is 21.4. The molecule has 2 rings (SSSR count). The monoisotopic (exact) mass is 402 g/mol. The van der Waals surface area contributed by atoms with Gasteiger partial charge in [-0.1, -0.05) is 20.8 Å². The van der Waals surface area contributed by atoms with Gasteiger partial charge < -0.3 is 20.4 Å². The Bertz CT molecular complexity index is 689. The van der Waals surface area contributed by atoms with Crippen LogP contribution in [0.5, 0.6) is 0 Å². The van der Waals surface area contributed by atoms with Crippen LogP contribution in [0, 0.1) is 5.41 Å². The first kappa shape index (κ1) is 23.2. The minimum atomic E-state index is -0.0789. The molecule has 0 aliphatic carbocycles. The second-order valence-corrected chi connectivity index (χ2v) is 9.48. The Labute approximate surface area is 176 Å². The predicted molar refractivity (Wildman–Crippen MR) is 121 cm³/mol. The van der Waals surface area contributed by atoms with Crippen LogP contribution in [0.25, 0.3) is 0 Å². The van der Waals surface area contributed by atoms with Crippen molar-refractivity contribution in [1.29, 1.82) is 0 Å².